The number of hydrogen-bond donors (Lipinski definition) is 2. The molecule has 15 atom stereocenters. The van der Waals surface area contributed by atoms with Gasteiger partial charge in [-0.2, -0.15) is 0 Å². The minimum absolute atomic E-state index is 0.0124. The van der Waals surface area contributed by atoms with Gasteiger partial charge in [-0.3, -0.25) is 19.2 Å². The van der Waals surface area contributed by atoms with Crippen LogP contribution < -0.4 is 0 Å². The molecule has 17 heteroatoms. The molecule has 384 valence electrons. The Balaban J connectivity index is 1.49. The largest absolute Gasteiger partial charge is 0.460 e. The number of hydrogen-bond acceptors (Lipinski definition) is 15. The Morgan fingerprint density at radius 2 is 1.62 bits per heavy atom. The Labute approximate surface area is 408 Å². The topological polar surface area (TPSA) is 219 Å². The van der Waals surface area contributed by atoms with Crippen molar-refractivity contribution in [1.82, 2.24) is 25.1 Å². The van der Waals surface area contributed by atoms with Crippen LogP contribution in [0.15, 0.2) is 53.9 Å². The Kier molecular flexibility index (Phi) is 20.8. The number of aliphatic hydroxyl groups excluding tert-OH is 1. The number of nitrogens with zero attached hydrogens (tertiary/aromatic N) is 5. The molecule has 1 unspecified atom stereocenters. The summed E-state index contributed by atoms with van der Waals surface area (Å²) < 4.78 is 31.7. The Hall–Kier alpha value is -4.26. The number of aromatic nitrogens is 4. The van der Waals surface area contributed by atoms with Crippen molar-refractivity contribution in [3.05, 3.63) is 53.9 Å². The number of amides is 1. The van der Waals surface area contributed by atoms with E-state index in [-0.39, 0.29) is 67.3 Å². The molecule has 1 aliphatic carbocycles. The van der Waals surface area contributed by atoms with Crippen LogP contribution >= 0.6 is 0 Å². The van der Waals surface area contributed by atoms with Crippen LogP contribution in [0.5, 0.6) is 0 Å². The molecule has 4 heterocycles. The maximum Gasteiger partial charge on any atom is 0.329 e. The van der Waals surface area contributed by atoms with Crippen LogP contribution in [0.4, 0.5) is 0 Å². The van der Waals surface area contributed by atoms with E-state index in [1.807, 2.05) is 58.1 Å². The van der Waals surface area contributed by atoms with Gasteiger partial charge < -0.3 is 38.8 Å². The van der Waals surface area contributed by atoms with E-state index in [4.69, 9.17) is 23.7 Å². The number of Topliss-reactive ketones (excluding diaryl/α,β-unsaturated/α-hetero) is 3. The molecule has 2 bridgehead atoms. The first-order chi connectivity index (χ1) is 32.8. The zero-order chi connectivity index (χ0) is 50.6. The van der Waals surface area contributed by atoms with Crippen molar-refractivity contribution < 1.29 is 57.9 Å². The van der Waals surface area contributed by atoms with Crippen LogP contribution in [0.2, 0.25) is 0 Å². The average Bonchev–Trinajstić information content (AvgIpc) is 3.85. The molecule has 1 amide bonds. The first-order valence-corrected chi connectivity index (χ1v) is 25.0. The van der Waals surface area contributed by atoms with Crippen LogP contribution in [0, 0.1) is 35.5 Å². The second-order valence-corrected chi connectivity index (χ2v) is 20.4. The third kappa shape index (κ3) is 14.2. The van der Waals surface area contributed by atoms with Gasteiger partial charge in [-0.25, -0.2) is 9.48 Å². The summed E-state index contributed by atoms with van der Waals surface area (Å²) in [6.45, 7) is 12.8. The summed E-state index contributed by atoms with van der Waals surface area (Å²) in [6.07, 6.45) is 13.4. The Bertz CT molecular complexity index is 2020. The number of ether oxygens (including phenoxy) is 5. The smallest absolute Gasteiger partial charge is 0.329 e. The number of piperidine rings is 1. The van der Waals surface area contributed by atoms with Crippen LogP contribution in [-0.2, 0) is 47.7 Å². The SMILES string of the molecule is CO[C@H]1C[C@@H]2CC[C@@H](C)C(=O)C(O)(O2)C(=O)N2CCCC[C@H]2C(=O)O[C@H]([C@H](C)C[C@@H]2CC[C@H](n3cnnn3)[C@H](OC)C2)CC(=O)[C@H](C)/C=C(\C)[C@@H](O)[C@@H](OC)C(=O)[C@H](C)C[C@H](C)/C=C/C=C/C=C1C. The summed E-state index contributed by atoms with van der Waals surface area (Å²) in [4.78, 5) is 72.6. The maximum absolute atomic E-state index is 14.7. The van der Waals surface area contributed by atoms with Crippen molar-refractivity contribution in [2.75, 3.05) is 27.9 Å². The average molecular weight is 966 g/mol. The molecule has 4 aliphatic rings. The van der Waals surface area contributed by atoms with Crippen LogP contribution in [0.1, 0.15) is 132 Å². The minimum Gasteiger partial charge on any atom is -0.460 e. The molecule has 5 rings (SSSR count). The lowest BCUT2D eigenvalue weighted by atomic mass is 9.77. The van der Waals surface area contributed by atoms with Crippen LogP contribution in [-0.4, -0.2) is 141 Å². The lowest BCUT2D eigenvalue weighted by Gasteiger charge is -2.40. The number of rotatable bonds is 7. The number of fused-ring (bicyclic) bond motifs is 3. The van der Waals surface area contributed by atoms with Gasteiger partial charge in [0, 0.05) is 58.5 Å². The standard InChI is InChI=1S/C52H79N5O12/c1-31-16-12-11-13-17-32(2)43(65-8)28-39-21-19-33(3)49(61)52(64,69-39)51(63)56-23-15-14-18-41(56)50(62)68-44(35(5)26-38-20-22-40(45(27-38)66-9)57-30-53-54-55-57)29-42(58)34(4)25-37(7)47(60)48(67-10)46(59)36(6)24-31/h11-13,16-17,25,30-31,33-36,38-41,43-45,47-48,60,64H,14-15,18-24,26-29H2,1-10H3/b13-11+,16-12+,32-17?,37-25+/t31-,33-,34-,35-,36-,38+,39+,40+,41+,43+,44+,45-,47-,48+,52?/m1/s1. The lowest BCUT2D eigenvalue weighted by molar-refractivity contribution is -0.231. The number of aliphatic hydroxyl groups is 2. The van der Waals surface area contributed by atoms with E-state index in [1.165, 1.54) is 12.0 Å². The molecule has 0 aromatic carbocycles. The molecular formula is C52H79N5O12. The van der Waals surface area contributed by atoms with Gasteiger partial charge in [0.25, 0.3) is 5.91 Å². The molecule has 1 aromatic heterocycles. The number of methoxy groups -OCH3 is 3. The quantitative estimate of drug-likeness (QED) is 0.181. The van der Waals surface area contributed by atoms with Crippen molar-refractivity contribution in [2.45, 2.75) is 180 Å². The van der Waals surface area contributed by atoms with E-state index in [9.17, 15) is 34.2 Å². The summed E-state index contributed by atoms with van der Waals surface area (Å²) in [5, 5.41) is 35.4. The summed E-state index contributed by atoms with van der Waals surface area (Å²) in [5.74, 6) is -7.98. The van der Waals surface area contributed by atoms with Gasteiger partial charge in [-0.1, -0.05) is 71.1 Å². The number of tetrazole rings is 1. The first kappa shape index (κ1) is 55.7. The number of cyclic esters (lactones) is 1. The maximum atomic E-state index is 14.7. The number of carbonyl (C=O) groups excluding carboxylic acids is 5. The molecule has 2 N–H and O–H groups in total. The van der Waals surface area contributed by atoms with E-state index in [0.717, 1.165) is 18.4 Å². The van der Waals surface area contributed by atoms with Crippen LogP contribution in [0.25, 0.3) is 0 Å². The normalized spacial score (nSPS) is 38.0. The fraction of sp³-hybridized carbons (Fsp3) is 0.731. The van der Waals surface area contributed by atoms with Crippen molar-refractivity contribution >= 4 is 29.2 Å². The second kappa shape index (κ2) is 25.7. The number of ketones is 3. The number of allylic oxidation sites excluding steroid dienone is 6. The Morgan fingerprint density at radius 1 is 0.870 bits per heavy atom. The molecule has 3 fully saturated rings. The molecule has 17 nitrogen and oxygen atoms in total. The Morgan fingerprint density at radius 3 is 2.30 bits per heavy atom. The highest BCUT2D eigenvalue weighted by atomic mass is 16.6. The highest BCUT2D eigenvalue weighted by Crippen LogP contribution is 2.39. The van der Waals surface area contributed by atoms with Gasteiger partial charge in [-0.15, -0.1) is 5.10 Å². The predicted octanol–water partition coefficient (Wildman–Crippen LogP) is 6.05. The summed E-state index contributed by atoms with van der Waals surface area (Å²) in [7, 11) is 4.61. The fourth-order valence-corrected chi connectivity index (χ4v) is 10.7. The number of carbonyl (C=O) groups is 5. The molecule has 0 radical (unpaired) electrons. The lowest BCUT2D eigenvalue weighted by Crippen LogP contribution is -2.62. The van der Waals surface area contributed by atoms with E-state index >= 15 is 0 Å². The van der Waals surface area contributed by atoms with Crippen molar-refractivity contribution in [1.29, 1.82) is 0 Å². The highest BCUT2D eigenvalue weighted by molar-refractivity contribution is 6.09. The molecule has 0 spiro atoms. The zero-order valence-electron chi connectivity index (χ0n) is 42.5. The summed E-state index contributed by atoms with van der Waals surface area (Å²) in [6, 6.07) is -1.21. The zero-order valence-corrected chi connectivity index (χ0v) is 42.5. The number of esters is 1. The van der Waals surface area contributed by atoms with E-state index in [1.54, 1.807) is 52.1 Å². The molecule has 69 heavy (non-hydrogen) atoms. The van der Waals surface area contributed by atoms with Gasteiger partial charge in [0.1, 0.15) is 36.5 Å². The predicted molar refractivity (Wildman–Crippen MR) is 256 cm³/mol. The van der Waals surface area contributed by atoms with Gasteiger partial charge in [-0.05, 0) is 117 Å². The third-order valence-corrected chi connectivity index (χ3v) is 15.1. The van der Waals surface area contributed by atoms with Crippen molar-refractivity contribution in [3.63, 3.8) is 0 Å². The molecular weight excluding hydrogens is 887 g/mol. The van der Waals surface area contributed by atoms with Crippen molar-refractivity contribution in [3.8, 4) is 0 Å². The van der Waals surface area contributed by atoms with Gasteiger partial charge in [0.15, 0.2) is 5.78 Å². The van der Waals surface area contributed by atoms with Gasteiger partial charge in [0.05, 0.1) is 24.4 Å². The minimum atomic E-state index is -2.86. The first-order valence-electron chi connectivity index (χ1n) is 25.0. The monoisotopic (exact) mass is 966 g/mol. The van der Waals surface area contributed by atoms with Crippen molar-refractivity contribution in [2.24, 2.45) is 35.5 Å². The third-order valence-electron chi connectivity index (χ3n) is 15.1. The second-order valence-electron chi connectivity index (χ2n) is 20.4. The van der Waals surface area contributed by atoms with E-state index in [2.05, 4.69) is 15.5 Å². The highest BCUT2D eigenvalue weighted by Gasteiger charge is 2.55. The van der Waals surface area contributed by atoms with E-state index in [0.29, 0.717) is 50.5 Å². The van der Waals surface area contributed by atoms with E-state index < -0.39 is 77.8 Å². The molecule has 3 aliphatic heterocycles. The summed E-state index contributed by atoms with van der Waals surface area (Å²) >= 11 is 0. The molecule has 1 aromatic rings. The molecule has 1 saturated carbocycles. The fourth-order valence-electron chi connectivity index (χ4n) is 10.7. The summed E-state index contributed by atoms with van der Waals surface area (Å²) in [5.41, 5.74) is 1.24. The van der Waals surface area contributed by atoms with Gasteiger partial charge >= 0.3 is 11.8 Å². The van der Waals surface area contributed by atoms with Crippen LogP contribution in [0.3, 0.4) is 0 Å². The van der Waals surface area contributed by atoms with Gasteiger partial charge in [0.2, 0.25) is 5.78 Å². The molecule has 2 saturated heterocycles.